The molecule has 0 saturated heterocycles. The van der Waals surface area contributed by atoms with Gasteiger partial charge in [0.1, 0.15) is 6.61 Å². The van der Waals surface area contributed by atoms with Gasteiger partial charge in [-0.05, 0) is 23.8 Å². The van der Waals surface area contributed by atoms with Gasteiger partial charge in [-0.15, -0.1) is 0 Å². The normalized spacial score (nSPS) is 10.6. The van der Waals surface area contributed by atoms with Gasteiger partial charge in [-0.3, -0.25) is 0 Å². The van der Waals surface area contributed by atoms with Crippen molar-refractivity contribution in [1.82, 2.24) is 0 Å². The summed E-state index contributed by atoms with van der Waals surface area (Å²) in [6.45, 7) is 0.757. The van der Waals surface area contributed by atoms with Crippen molar-refractivity contribution in [2.45, 2.75) is 6.54 Å². The Balaban J connectivity index is 3.06. The third-order valence-corrected chi connectivity index (χ3v) is 2.35. The first kappa shape index (κ1) is 13.7. The van der Waals surface area contributed by atoms with Gasteiger partial charge in [0, 0.05) is 12.1 Å². The number of nitrogens with two attached hydrogens (primary N) is 1. The van der Waals surface area contributed by atoms with Crippen LogP contribution in [0.5, 0.6) is 17.2 Å². The third kappa shape index (κ3) is 3.54. The molecule has 0 unspecified atom stereocenters. The number of methoxy groups -OCH3 is 2. The minimum absolute atomic E-state index is 0.345. The quantitative estimate of drug-likeness (QED) is 0.850. The topological polar surface area (TPSA) is 53.7 Å². The molecular weight excluding hydrogens is 242 g/mol. The van der Waals surface area contributed by atoms with Gasteiger partial charge in [0.2, 0.25) is 5.75 Å². The minimum Gasteiger partial charge on any atom is -0.493 e. The Hall–Kier alpha value is -1.39. The zero-order valence-electron chi connectivity index (χ0n) is 9.90. The number of halogens is 1. The highest BCUT2D eigenvalue weighted by molar-refractivity contribution is 6.25. The Morgan fingerprint density at radius 3 is 2.24 bits per heavy atom. The highest BCUT2D eigenvalue weighted by Gasteiger charge is 2.13. The zero-order valence-corrected chi connectivity index (χ0v) is 10.7. The molecule has 1 rings (SSSR count). The van der Waals surface area contributed by atoms with E-state index in [0.717, 1.165) is 5.56 Å². The molecular formula is C12H16ClNO3. The van der Waals surface area contributed by atoms with Crippen LogP contribution in [0, 0.1) is 0 Å². The van der Waals surface area contributed by atoms with Crippen molar-refractivity contribution in [2.75, 3.05) is 20.8 Å². The van der Waals surface area contributed by atoms with E-state index in [1.807, 2.05) is 12.1 Å². The van der Waals surface area contributed by atoms with Gasteiger partial charge in [0.05, 0.1) is 14.2 Å². The molecule has 94 valence electrons. The van der Waals surface area contributed by atoms with E-state index in [9.17, 15) is 0 Å². The molecule has 0 radical (unpaired) electrons. The first-order valence-corrected chi connectivity index (χ1v) is 5.53. The molecule has 17 heavy (non-hydrogen) atoms. The molecule has 0 aliphatic rings. The van der Waals surface area contributed by atoms with E-state index in [-0.39, 0.29) is 0 Å². The van der Waals surface area contributed by atoms with E-state index < -0.39 is 0 Å². The lowest BCUT2D eigenvalue weighted by Crippen LogP contribution is -2.03. The molecule has 4 nitrogen and oxygen atoms in total. The monoisotopic (exact) mass is 257 g/mol. The molecule has 0 saturated carbocycles. The van der Waals surface area contributed by atoms with Crippen molar-refractivity contribution in [1.29, 1.82) is 0 Å². The summed E-state index contributed by atoms with van der Waals surface area (Å²) in [6.07, 6.45) is 1.68. The summed E-state index contributed by atoms with van der Waals surface area (Å²) >= 11 is 5.42. The summed E-state index contributed by atoms with van der Waals surface area (Å²) in [5.41, 5.74) is 7.90. The Labute approximate surface area is 106 Å². The first-order valence-electron chi connectivity index (χ1n) is 5.09. The van der Waals surface area contributed by atoms with Crippen LogP contribution >= 0.6 is 11.6 Å². The van der Waals surface area contributed by atoms with E-state index >= 15 is 0 Å². The molecule has 5 heteroatoms. The number of hydrogen-bond donors (Lipinski definition) is 1. The smallest absolute Gasteiger partial charge is 0.203 e. The van der Waals surface area contributed by atoms with Crippen LogP contribution in [0.4, 0.5) is 0 Å². The molecule has 0 bridgehead atoms. The summed E-state index contributed by atoms with van der Waals surface area (Å²) in [6, 6.07) is 3.64. The van der Waals surface area contributed by atoms with Crippen LogP contribution in [0.2, 0.25) is 0 Å². The third-order valence-electron chi connectivity index (χ3n) is 2.17. The lowest BCUT2D eigenvalue weighted by Gasteiger charge is -2.14. The average Bonchev–Trinajstić information content (AvgIpc) is 2.38. The van der Waals surface area contributed by atoms with Crippen LogP contribution in [0.15, 0.2) is 23.7 Å². The van der Waals surface area contributed by atoms with E-state index in [1.54, 1.807) is 20.3 Å². The second-order valence-electron chi connectivity index (χ2n) is 3.21. The van der Waals surface area contributed by atoms with Crippen molar-refractivity contribution in [3.8, 4) is 17.2 Å². The fourth-order valence-corrected chi connectivity index (χ4v) is 1.43. The average molecular weight is 258 g/mol. The number of ether oxygens (including phenoxy) is 3. The molecule has 0 atom stereocenters. The number of benzene rings is 1. The van der Waals surface area contributed by atoms with Gasteiger partial charge in [0.15, 0.2) is 11.5 Å². The Kier molecular flexibility index (Phi) is 5.66. The largest absolute Gasteiger partial charge is 0.493 e. The van der Waals surface area contributed by atoms with Gasteiger partial charge in [-0.2, -0.15) is 0 Å². The summed E-state index contributed by atoms with van der Waals surface area (Å²) in [7, 11) is 3.14. The lowest BCUT2D eigenvalue weighted by atomic mass is 10.2. The van der Waals surface area contributed by atoms with Crippen LogP contribution in [0.3, 0.4) is 0 Å². The van der Waals surface area contributed by atoms with Gasteiger partial charge in [-0.25, -0.2) is 0 Å². The Morgan fingerprint density at radius 1 is 1.24 bits per heavy atom. The molecule has 0 heterocycles. The van der Waals surface area contributed by atoms with Crippen LogP contribution in [0.25, 0.3) is 0 Å². The second-order valence-corrected chi connectivity index (χ2v) is 3.46. The van der Waals surface area contributed by atoms with E-state index in [1.165, 1.54) is 5.54 Å². The fourth-order valence-electron chi connectivity index (χ4n) is 1.36. The van der Waals surface area contributed by atoms with E-state index in [0.29, 0.717) is 30.4 Å². The van der Waals surface area contributed by atoms with E-state index in [4.69, 9.17) is 31.5 Å². The molecule has 2 N–H and O–H groups in total. The van der Waals surface area contributed by atoms with Crippen molar-refractivity contribution >= 4 is 11.6 Å². The zero-order chi connectivity index (χ0) is 12.7. The molecule has 0 spiro atoms. The maximum atomic E-state index is 5.59. The predicted octanol–water partition coefficient (Wildman–Crippen LogP) is 2.29. The molecule has 0 amide bonds. The van der Waals surface area contributed by atoms with Crippen LogP contribution in [-0.2, 0) is 6.54 Å². The van der Waals surface area contributed by atoms with E-state index in [2.05, 4.69) is 0 Å². The maximum Gasteiger partial charge on any atom is 0.203 e. The molecule has 0 aliphatic carbocycles. The standard InChI is InChI=1S/C12H16ClNO3/c1-15-10-6-9(8-14)7-11(16-2)12(10)17-5-3-4-13/h3-4,6-7H,5,8,14H2,1-2H3/b4-3+. The highest BCUT2D eigenvalue weighted by atomic mass is 35.5. The minimum atomic E-state index is 0.345. The second kappa shape index (κ2) is 7.04. The van der Waals surface area contributed by atoms with Crippen molar-refractivity contribution < 1.29 is 14.2 Å². The summed E-state index contributed by atoms with van der Waals surface area (Å²) in [5, 5.41) is 0. The van der Waals surface area contributed by atoms with Gasteiger partial charge in [-0.1, -0.05) is 11.6 Å². The van der Waals surface area contributed by atoms with Crippen LogP contribution in [-0.4, -0.2) is 20.8 Å². The summed E-state index contributed by atoms with van der Waals surface area (Å²) in [5.74, 6) is 1.72. The molecule has 0 aliphatic heterocycles. The SMILES string of the molecule is COc1cc(CN)cc(OC)c1OC/C=C/Cl. The Bertz CT molecular complexity index is 368. The Morgan fingerprint density at radius 2 is 1.82 bits per heavy atom. The number of rotatable bonds is 6. The summed E-state index contributed by atoms with van der Waals surface area (Å²) in [4.78, 5) is 0. The van der Waals surface area contributed by atoms with Crippen molar-refractivity contribution in [3.63, 3.8) is 0 Å². The van der Waals surface area contributed by atoms with Crippen LogP contribution in [0.1, 0.15) is 5.56 Å². The summed E-state index contributed by atoms with van der Waals surface area (Å²) < 4.78 is 16.0. The fraction of sp³-hybridized carbons (Fsp3) is 0.333. The molecule has 1 aromatic rings. The molecule has 0 fully saturated rings. The van der Waals surface area contributed by atoms with Gasteiger partial charge in [0.25, 0.3) is 0 Å². The highest BCUT2D eigenvalue weighted by Crippen LogP contribution is 2.38. The van der Waals surface area contributed by atoms with Gasteiger partial charge >= 0.3 is 0 Å². The predicted molar refractivity (Wildman–Crippen MR) is 67.9 cm³/mol. The molecule has 1 aromatic carbocycles. The number of hydrogen-bond acceptors (Lipinski definition) is 4. The van der Waals surface area contributed by atoms with Crippen molar-refractivity contribution in [3.05, 3.63) is 29.3 Å². The van der Waals surface area contributed by atoms with Gasteiger partial charge < -0.3 is 19.9 Å². The lowest BCUT2D eigenvalue weighted by molar-refractivity contribution is 0.300. The maximum absolute atomic E-state index is 5.59. The van der Waals surface area contributed by atoms with Crippen LogP contribution < -0.4 is 19.9 Å². The van der Waals surface area contributed by atoms with Crippen molar-refractivity contribution in [2.24, 2.45) is 5.73 Å². The first-order chi connectivity index (χ1) is 8.26. The molecule has 0 aromatic heterocycles.